The molecule has 0 saturated heterocycles. The molecule has 0 aliphatic heterocycles. The van der Waals surface area contributed by atoms with E-state index < -0.39 is 0 Å². The van der Waals surface area contributed by atoms with Gasteiger partial charge in [0.1, 0.15) is 0 Å². The summed E-state index contributed by atoms with van der Waals surface area (Å²) >= 11 is 0. The number of carbonyl (C=O) groups is 1. The molecule has 0 fully saturated rings. The number of nitrogens with one attached hydrogen (secondary N) is 2. The SMILES string of the molecule is NC(=Nc1ccc2cc[nH]c2c1)NC(=O)c1ccccc1. The second-order valence-corrected chi connectivity index (χ2v) is 4.57. The first-order valence-corrected chi connectivity index (χ1v) is 6.50. The average molecular weight is 278 g/mol. The third-order valence-electron chi connectivity index (χ3n) is 3.07. The zero-order valence-electron chi connectivity index (χ0n) is 11.2. The van der Waals surface area contributed by atoms with Crippen molar-refractivity contribution in [2.24, 2.45) is 10.7 Å². The van der Waals surface area contributed by atoms with Crippen molar-refractivity contribution in [1.29, 1.82) is 0 Å². The first-order valence-electron chi connectivity index (χ1n) is 6.50. The highest BCUT2D eigenvalue weighted by molar-refractivity contribution is 6.05. The molecule has 0 aliphatic carbocycles. The number of nitrogens with two attached hydrogens (primary N) is 1. The normalized spacial score (nSPS) is 11.5. The Labute approximate surface area is 121 Å². The lowest BCUT2D eigenvalue weighted by Crippen LogP contribution is -2.36. The van der Waals surface area contributed by atoms with Crippen LogP contribution in [0.1, 0.15) is 10.4 Å². The van der Waals surface area contributed by atoms with Gasteiger partial charge in [0.15, 0.2) is 0 Å². The summed E-state index contributed by atoms with van der Waals surface area (Å²) in [6.45, 7) is 0. The van der Waals surface area contributed by atoms with E-state index in [0.29, 0.717) is 11.3 Å². The summed E-state index contributed by atoms with van der Waals surface area (Å²) in [7, 11) is 0. The number of hydrogen-bond acceptors (Lipinski definition) is 2. The summed E-state index contributed by atoms with van der Waals surface area (Å²) in [5.74, 6) is -0.215. The van der Waals surface area contributed by atoms with Gasteiger partial charge in [-0.15, -0.1) is 0 Å². The predicted molar refractivity (Wildman–Crippen MR) is 83.5 cm³/mol. The van der Waals surface area contributed by atoms with Gasteiger partial charge in [-0.05, 0) is 35.7 Å². The van der Waals surface area contributed by atoms with Crippen LogP contribution in [0.5, 0.6) is 0 Å². The van der Waals surface area contributed by atoms with Crippen LogP contribution in [0.15, 0.2) is 65.8 Å². The van der Waals surface area contributed by atoms with Crippen LogP contribution in [0.3, 0.4) is 0 Å². The fraction of sp³-hybridized carbons (Fsp3) is 0. The topological polar surface area (TPSA) is 83.3 Å². The molecule has 1 heterocycles. The molecular weight excluding hydrogens is 264 g/mol. The molecule has 0 unspecified atom stereocenters. The molecule has 0 bridgehead atoms. The van der Waals surface area contributed by atoms with Gasteiger partial charge in [0.2, 0.25) is 5.96 Å². The number of amides is 1. The second-order valence-electron chi connectivity index (χ2n) is 4.57. The minimum absolute atomic E-state index is 0.0646. The van der Waals surface area contributed by atoms with Gasteiger partial charge in [0.25, 0.3) is 5.91 Å². The van der Waals surface area contributed by atoms with E-state index >= 15 is 0 Å². The third kappa shape index (κ3) is 2.92. The van der Waals surface area contributed by atoms with Crippen LogP contribution >= 0.6 is 0 Å². The molecule has 5 heteroatoms. The number of nitrogens with zero attached hydrogens (tertiary/aromatic N) is 1. The minimum atomic E-state index is -0.280. The molecule has 0 aliphatic rings. The summed E-state index contributed by atoms with van der Waals surface area (Å²) in [6.07, 6.45) is 1.86. The van der Waals surface area contributed by atoms with Crippen LogP contribution in [-0.4, -0.2) is 16.9 Å². The van der Waals surface area contributed by atoms with E-state index in [1.165, 1.54) is 0 Å². The zero-order valence-corrected chi connectivity index (χ0v) is 11.2. The van der Waals surface area contributed by atoms with E-state index in [1.807, 2.05) is 36.5 Å². The fourth-order valence-corrected chi connectivity index (χ4v) is 2.05. The summed E-state index contributed by atoms with van der Waals surface area (Å²) in [5.41, 5.74) is 7.96. The Morgan fingerprint density at radius 1 is 1.10 bits per heavy atom. The van der Waals surface area contributed by atoms with Crippen molar-refractivity contribution in [3.63, 3.8) is 0 Å². The van der Waals surface area contributed by atoms with Crippen molar-refractivity contribution in [3.8, 4) is 0 Å². The molecule has 3 rings (SSSR count). The average Bonchev–Trinajstić information content (AvgIpc) is 2.95. The van der Waals surface area contributed by atoms with E-state index in [9.17, 15) is 4.79 Å². The van der Waals surface area contributed by atoms with Crippen molar-refractivity contribution < 1.29 is 4.79 Å². The van der Waals surface area contributed by atoms with E-state index in [-0.39, 0.29) is 11.9 Å². The number of carbonyl (C=O) groups excluding carboxylic acids is 1. The Morgan fingerprint density at radius 2 is 1.90 bits per heavy atom. The van der Waals surface area contributed by atoms with Crippen LogP contribution in [-0.2, 0) is 0 Å². The van der Waals surface area contributed by atoms with Gasteiger partial charge in [0, 0.05) is 17.3 Å². The predicted octanol–water partition coefficient (Wildman–Crippen LogP) is 2.54. The van der Waals surface area contributed by atoms with Gasteiger partial charge >= 0.3 is 0 Å². The number of rotatable bonds is 2. The van der Waals surface area contributed by atoms with E-state index in [1.54, 1.807) is 24.3 Å². The first-order chi connectivity index (χ1) is 10.2. The molecule has 2 aromatic carbocycles. The number of hydrogen-bond donors (Lipinski definition) is 3. The van der Waals surface area contributed by atoms with Crippen molar-refractivity contribution in [1.82, 2.24) is 10.3 Å². The maximum Gasteiger partial charge on any atom is 0.257 e. The molecule has 5 nitrogen and oxygen atoms in total. The number of aromatic amines is 1. The Hall–Kier alpha value is -3.08. The van der Waals surface area contributed by atoms with Crippen LogP contribution < -0.4 is 11.1 Å². The molecule has 0 saturated carbocycles. The molecule has 21 heavy (non-hydrogen) atoms. The lowest BCUT2D eigenvalue weighted by atomic mass is 10.2. The number of aromatic nitrogens is 1. The fourth-order valence-electron chi connectivity index (χ4n) is 2.05. The third-order valence-corrected chi connectivity index (χ3v) is 3.07. The highest BCUT2D eigenvalue weighted by Gasteiger charge is 2.05. The smallest absolute Gasteiger partial charge is 0.257 e. The highest BCUT2D eigenvalue weighted by atomic mass is 16.1. The molecule has 1 aromatic heterocycles. The van der Waals surface area contributed by atoms with Crippen LogP contribution in [0, 0.1) is 0 Å². The van der Waals surface area contributed by atoms with E-state index in [0.717, 1.165) is 10.9 Å². The summed E-state index contributed by atoms with van der Waals surface area (Å²) in [4.78, 5) is 19.2. The zero-order chi connectivity index (χ0) is 14.7. The summed E-state index contributed by atoms with van der Waals surface area (Å²) < 4.78 is 0. The Balaban J connectivity index is 1.77. The standard InChI is InChI=1S/C16H14N4O/c17-16(20-15(21)12-4-2-1-3-5-12)19-13-7-6-11-8-9-18-14(11)10-13/h1-10,18H,(H3,17,19,20,21). The number of aliphatic imine (C=N–C) groups is 1. The minimum Gasteiger partial charge on any atom is -0.369 e. The molecule has 3 aromatic rings. The summed E-state index contributed by atoms with van der Waals surface area (Å²) in [5, 5.41) is 3.66. The van der Waals surface area contributed by atoms with E-state index in [2.05, 4.69) is 15.3 Å². The molecule has 1 amide bonds. The Kier molecular flexibility index (Phi) is 3.39. The number of H-pyrrole nitrogens is 1. The summed E-state index contributed by atoms with van der Waals surface area (Å²) in [6, 6.07) is 16.5. The quantitative estimate of drug-likeness (QED) is 0.497. The van der Waals surface area contributed by atoms with Gasteiger partial charge in [-0.25, -0.2) is 4.99 Å². The number of guanidine groups is 1. The maximum atomic E-state index is 11.9. The lowest BCUT2D eigenvalue weighted by Gasteiger charge is -2.04. The lowest BCUT2D eigenvalue weighted by molar-refractivity contribution is 0.0976. The van der Waals surface area contributed by atoms with Gasteiger partial charge in [-0.1, -0.05) is 24.3 Å². The van der Waals surface area contributed by atoms with Crippen LogP contribution in [0.4, 0.5) is 5.69 Å². The van der Waals surface area contributed by atoms with Crippen molar-refractivity contribution in [3.05, 3.63) is 66.4 Å². The largest absolute Gasteiger partial charge is 0.369 e. The van der Waals surface area contributed by atoms with Crippen molar-refractivity contribution >= 4 is 28.5 Å². The first kappa shape index (κ1) is 12.9. The van der Waals surface area contributed by atoms with E-state index in [4.69, 9.17) is 5.73 Å². The maximum absolute atomic E-state index is 11.9. The van der Waals surface area contributed by atoms with Gasteiger partial charge in [0.05, 0.1) is 5.69 Å². The van der Waals surface area contributed by atoms with Crippen LogP contribution in [0.2, 0.25) is 0 Å². The molecule has 0 atom stereocenters. The Morgan fingerprint density at radius 3 is 2.71 bits per heavy atom. The number of benzene rings is 2. The van der Waals surface area contributed by atoms with Gasteiger partial charge in [-0.3, -0.25) is 10.1 Å². The molecular formula is C16H14N4O. The van der Waals surface area contributed by atoms with Gasteiger partial charge < -0.3 is 10.7 Å². The number of fused-ring (bicyclic) bond motifs is 1. The molecule has 0 radical (unpaired) electrons. The highest BCUT2D eigenvalue weighted by Crippen LogP contribution is 2.19. The Bertz CT molecular complexity index is 805. The monoisotopic (exact) mass is 278 g/mol. The van der Waals surface area contributed by atoms with Gasteiger partial charge in [-0.2, -0.15) is 0 Å². The van der Waals surface area contributed by atoms with Crippen LogP contribution in [0.25, 0.3) is 10.9 Å². The molecule has 0 spiro atoms. The molecule has 104 valence electrons. The second kappa shape index (κ2) is 5.50. The van der Waals surface area contributed by atoms with Crippen molar-refractivity contribution in [2.45, 2.75) is 0 Å². The van der Waals surface area contributed by atoms with Crippen molar-refractivity contribution in [2.75, 3.05) is 0 Å². The molecule has 4 N–H and O–H groups in total.